The van der Waals surface area contributed by atoms with E-state index in [1.54, 1.807) is 4.90 Å². The van der Waals surface area contributed by atoms with E-state index in [1.165, 1.54) is 18.2 Å². The second kappa shape index (κ2) is 6.95. The van der Waals surface area contributed by atoms with Crippen molar-refractivity contribution in [3.8, 4) is 0 Å². The summed E-state index contributed by atoms with van der Waals surface area (Å²) in [6, 6.07) is 4.13. The molecule has 0 saturated carbocycles. The van der Waals surface area contributed by atoms with Crippen molar-refractivity contribution in [2.24, 2.45) is 0 Å². The quantitative estimate of drug-likeness (QED) is 0.752. The molecule has 18 heavy (non-hydrogen) atoms. The normalized spacial score (nSPS) is 10.8. The first-order chi connectivity index (χ1) is 8.47. The zero-order chi connectivity index (χ0) is 13.7. The lowest BCUT2D eigenvalue weighted by atomic mass is 10.1. The molecule has 0 spiro atoms. The maximum atomic E-state index is 13.3. The van der Waals surface area contributed by atoms with Crippen LogP contribution in [0.3, 0.4) is 0 Å². The van der Waals surface area contributed by atoms with Crippen molar-refractivity contribution in [2.45, 2.75) is 26.3 Å². The van der Waals surface area contributed by atoms with Crippen LogP contribution in [0.2, 0.25) is 5.02 Å². The first-order valence-electron chi connectivity index (χ1n) is 5.79. The van der Waals surface area contributed by atoms with Crippen molar-refractivity contribution in [1.29, 1.82) is 0 Å². The van der Waals surface area contributed by atoms with Crippen LogP contribution in [0.1, 0.15) is 30.6 Å². The summed E-state index contributed by atoms with van der Waals surface area (Å²) < 4.78 is 13.3. The molecule has 0 aliphatic heterocycles. The molecule has 2 nitrogen and oxygen atoms in total. The highest BCUT2D eigenvalue weighted by molar-refractivity contribution is 6.30. The monoisotopic (exact) mass is 291 g/mol. The van der Waals surface area contributed by atoms with Crippen LogP contribution in [0.4, 0.5) is 4.39 Å². The van der Waals surface area contributed by atoms with E-state index in [1.807, 2.05) is 13.8 Å². The lowest BCUT2D eigenvalue weighted by Gasteiger charge is -2.26. The number of rotatable bonds is 5. The molecule has 0 unspecified atom stereocenters. The highest BCUT2D eigenvalue weighted by Gasteiger charge is 2.19. The molecule has 0 N–H and O–H groups in total. The summed E-state index contributed by atoms with van der Waals surface area (Å²) in [7, 11) is 0. The van der Waals surface area contributed by atoms with Gasteiger partial charge in [-0.1, -0.05) is 11.6 Å². The molecule has 0 saturated heterocycles. The molecule has 1 aromatic carbocycles. The molecule has 0 atom stereocenters. The van der Waals surface area contributed by atoms with Crippen molar-refractivity contribution in [2.75, 3.05) is 12.4 Å². The summed E-state index contributed by atoms with van der Waals surface area (Å²) in [5.41, 5.74) is 0.306. The Morgan fingerprint density at radius 3 is 2.61 bits per heavy atom. The third kappa shape index (κ3) is 3.85. The Kier molecular flexibility index (Phi) is 5.89. The predicted octanol–water partition coefficient (Wildman–Crippen LogP) is 3.96. The maximum absolute atomic E-state index is 13.3. The maximum Gasteiger partial charge on any atom is 0.254 e. The van der Waals surface area contributed by atoms with Crippen molar-refractivity contribution in [1.82, 2.24) is 4.90 Å². The number of carbonyl (C=O) groups is 1. The van der Waals surface area contributed by atoms with Crippen LogP contribution in [0, 0.1) is 5.82 Å². The molecule has 100 valence electrons. The summed E-state index contributed by atoms with van der Waals surface area (Å²) in [4.78, 5) is 13.9. The lowest BCUT2D eigenvalue weighted by Crippen LogP contribution is -2.37. The van der Waals surface area contributed by atoms with Crippen LogP contribution < -0.4 is 0 Å². The lowest BCUT2D eigenvalue weighted by molar-refractivity contribution is 0.0706. The van der Waals surface area contributed by atoms with E-state index in [0.717, 1.165) is 0 Å². The number of halogens is 3. The van der Waals surface area contributed by atoms with Crippen LogP contribution in [0.15, 0.2) is 18.2 Å². The predicted molar refractivity (Wildman–Crippen MR) is 72.9 cm³/mol. The minimum Gasteiger partial charge on any atom is -0.336 e. The number of hydrogen-bond donors (Lipinski definition) is 0. The number of amides is 1. The number of carbonyl (C=O) groups excluding carboxylic acids is 1. The minimum absolute atomic E-state index is 0.0170. The summed E-state index contributed by atoms with van der Waals surface area (Å²) in [5.74, 6) is -0.292. The molecule has 0 aliphatic carbocycles. The van der Waals surface area contributed by atoms with Gasteiger partial charge in [0.15, 0.2) is 0 Å². The molecule has 0 radical (unpaired) electrons. The summed E-state index contributed by atoms with van der Waals surface area (Å²) in [6.45, 7) is 4.39. The fourth-order valence-corrected chi connectivity index (χ4v) is 1.86. The van der Waals surface area contributed by atoms with Crippen molar-refractivity contribution >= 4 is 29.1 Å². The first kappa shape index (κ1) is 15.3. The molecule has 5 heteroatoms. The van der Waals surface area contributed by atoms with E-state index in [0.29, 0.717) is 24.4 Å². The van der Waals surface area contributed by atoms with Gasteiger partial charge in [-0.2, -0.15) is 0 Å². The topological polar surface area (TPSA) is 20.3 Å². The fourth-order valence-electron chi connectivity index (χ4n) is 1.62. The Bertz CT molecular complexity index is 423. The Morgan fingerprint density at radius 2 is 2.11 bits per heavy atom. The Hall–Kier alpha value is -0.800. The largest absolute Gasteiger partial charge is 0.336 e. The standard InChI is InChI=1S/C13H16Cl2FNO/c1-9(2)17(7-3-6-14)13(18)10-4-5-11(15)12(16)8-10/h4-5,8-9H,3,6-7H2,1-2H3. The third-order valence-electron chi connectivity index (χ3n) is 2.58. The zero-order valence-electron chi connectivity index (χ0n) is 10.4. The van der Waals surface area contributed by atoms with Gasteiger partial charge in [0.2, 0.25) is 0 Å². The Labute approximate surface area is 117 Å². The van der Waals surface area contributed by atoms with Gasteiger partial charge >= 0.3 is 0 Å². The van der Waals surface area contributed by atoms with E-state index >= 15 is 0 Å². The number of hydrogen-bond acceptors (Lipinski definition) is 1. The van der Waals surface area contributed by atoms with E-state index in [4.69, 9.17) is 23.2 Å². The van der Waals surface area contributed by atoms with Crippen molar-refractivity contribution < 1.29 is 9.18 Å². The molecule has 0 fully saturated rings. The summed E-state index contributed by atoms with van der Waals surface area (Å²) >= 11 is 11.2. The van der Waals surface area contributed by atoms with Gasteiger partial charge < -0.3 is 4.90 Å². The van der Waals surface area contributed by atoms with Crippen LogP contribution in [-0.4, -0.2) is 29.3 Å². The SMILES string of the molecule is CC(C)N(CCCCl)C(=O)c1ccc(Cl)c(F)c1. The van der Waals surface area contributed by atoms with Gasteiger partial charge in [0.1, 0.15) is 5.82 Å². The second-order valence-corrected chi connectivity index (χ2v) is 5.05. The molecule has 0 aliphatic rings. The molecule has 0 heterocycles. The minimum atomic E-state index is -0.580. The molecule has 0 aromatic heterocycles. The number of benzene rings is 1. The van der Waals surface area contributed by atoms with E-state index in [-0.39, 0.29) is 17.0 Å². The summed E-state index contributed by atoms with van der Waals surface area (Å²) in [6.07, 6.45) is 0.710. The summed E-state index contributed by atoms with van der Waals surface area (Å²) in [5, 5.41) is 0.0170. The second-order valence-electron chi connectivity index (χ2n) is 4.26. The Balaban J connectivity index is 2.91. The van der Waals surface area contributed by atoms with Crippen LogP contribution >= 0.6 is 23.2 Å². The van der Waals surface area contributed by atoms with Gasteiger partial charge in [-0.25, -0.2) is 4.39 Å². The van der Waals surface area contributed by atoms with Gasteiger partial charge in [-0.15, -0.1) is 11.6 Å². The Morgan fingerprint density at radius 1 is 1.44 bits per heavy atom. The highest BCUT2D eigenvalue weighted by atomic mass is 35.5. The molecular weight excluding hydrogens is 276 g/mol. The van der Waals surface area contributed by atoms with Gasteiger partial charge in [0.05, 0.1) is 5.02 Å². The van der Waals surface area contributed by atoms with Gasteiger partial charge in [0, 0.05) is 24.0 Å². The third-order valence-corrected chi connectivity index (χ3v) is 3.16. The molecule has 1 rings (SSSR count). The van der Waals surface area contributed by atoms with E-state index < -0.39 is 5.82 Å². The highest BCUT2D eigenvalue weighted by Crippen LogP contribution is 2.17. The number of alkyl halides is 1. The average molecular weight is 292 g/mol. The van der Waals surface area contributed by atoms with Crippen LogP contribution in [0.5, 0.6) is 0 Å². The molecule has 1 aromatic rings. The van der Waals surface area contributed by atoms with Crippen molar-refractivity contribution in [3.63, 3.8) is 0 Å². The van der Waals surface area contributed by atoms with Gasteiger partial charge in [-0.05, 0) is 38.5 Å². The smallest absolute Gasteiger partial charge is 0.254 e. The van der Waals surface area contributed by atoms with Gasteiger partial charge in [-0.3, -0.25) is 4.79 Å². The zero-order valence-corrected chi connectivity index (χ0v) is 11.9. The van der Waals surface area contributed by atoms with E-state index in [2.05, 4.69) is 0 Å². The average Bonchev–Trinajstić information content (AvgIpc) is 2.32. The van der Waals surface area contributed by atoms with Crippen LogP contribution in [0.25, 0.3) is 0 Å². The van der Waals surface area contributed by atoms with Gasteiger partial charge in [0.25, 0.3) is 5.91 Å². The molecular formula is C13H16Cl2FNO. The van der Waals surface area contributed by atoms with Crippen molar-refractivity contribution in [3.05, 3.63) is 34.6 Å². The van der Waals surface area contributed by atoms with E-state index in [9.17, 15) is 9.18 Å². The molecule has 1 amide bonds. The molecule has 0 bridgehead atoms. The number of nitrogens with zero attached hydrogens (tertiary/aromatic N) is 1. The first-order valence-corrected chi connectivity index (χ1v) is 6.70. The van der Waals surface area contributed by atoms with Crippen LogP contribution in [-0.2, 0) is 0 Å². The fraction of sp³-hybridized carbons (Fsp3) is 0.462.